The third kappa shape index (κ3) is 1.97. The summed E-state index contributed by atoms with van der Waals surface area (Å²) in [5.74, 6) is 0. The second-order valence-electron chi connectivity index (χ2n) is 2.51. The molecule has 0 spiro atoms. The lowest BCUT2D eigenvalue weighted by Crippen LogP contribution is -2.43. The van der Waals surface area contributed by atoms with Crippen molar-refractivity contribution in [1.82, 2.24) is 5.32 Å². The topological polar surface area (TPSA) is 15.3 Å². The molecule has 2 nitrogen and oxygen atoms in total. The highest BCUT2D eigenvalue weighted by atomic mass is 35.5. The minimum atomic E-state index is -2.93. The lowest BCUT2D eigenvalue weighted by Gasteiger charge is -2.30. The van der Waals surface area contributed by atoms with Gasteiger partial charge in [-0.2, -0.15) is 0 Å². The quantitative estimate of drug-likeness (QED) is 0.809. The molecule has 0 saturated carbocycles. The number of hydrogen-bond donors (Lipinski definition) is 1. The van der Waals surface area contributed by atoms with E-state index in [1.54, 1.807) is 5.32 Å². The highest BCUT2D eigenvalue weighted by Crippen LogP contribution is 2.32. The van der Waals surface area contributed by atoms with Gasteiger partial charge in [0.05, 0.1) is 21.2 Å². The maximum absolute atomic E-state index is 7.97. The SMILES string of the molecule is [2H]C1([2H])NC([2H])([2H])C([2H])([2H])N(c2cccc(Cl)c2Cl)C1([2H])[2H]. The Kier molecular flexibility index (Phi) is 1.32. The van der Waals surface area contributed by atoms with Gasteiger partial charge in [-0.15, -0.1) is 0 Å². The summed E-state index contributed by atoms with van der Waals surface area (Å²) in [7, 11) is 0. The van der Waals surface area contributed by atoms with E-state index in [-0.39, 0.29) is 15.7 Å². The molecular formula is C10H12Cl2N2. The molecule has 1 fully saturated rings. The third-order valence-corrected chi connectivity index (χ3v) is 2.44. The van der Waals surface area contributed by atoms with Crippen LogP contribution in [0.5, 0.6) is 0 Å². The standard InChI is InChI=1S/C10H12Cl2N2/c11-8-2-1-3-9(10(8)12)14-6-4-13-5-7-14/h1-3,13H,4-7H2/i4D2,5D2,6D2,7D2. The first-order valence-electron chi connectivity index (χ1n) is 7.79. The van der Waals surface area contributed by atoms with Crippen LogP contribution in [0.1, 0.15) is 11.0 Å². The Morgan fingerprint density at radius 3 is 2.71 bits per heavy atom. The monoisotopic (exact) mass is 238 g/mol. The van der Waals surface area contributed by atoms with Gasteiger partial charge in [0.25, 0.3) is 0 Å². The minimum Gasteiger partial charge on any atom is -0.368 e. The summed E-state index contributed by atoms with van der Waals surface area (Å²) in [6, 6.07) is 4.05. The predicted molar refractivity (Wildman–Crippen MR) is 61.5 cm³/mol. The highest BCUT2D eigenvalue weighted by Gasteiger charge is 2.14. The van der Waals surface area contributed by atoms with Crippen LogP contribution < -0.4 is 10.2 Å². The van der Waals surface area contributed by atoms with E-state index in [9.17, 15) is 0 Å². The van der Waals surface area contributed by atoms with Crippen LogP contribution >= 0.6 is 23.2 Å². The van der Waals surface area contributed by atoms with Crippen LogP contribution in [0.4, 0.5) is 5.69 Å². The first-order chi connectivity index (χ1) is 9.76. The molecule has 1 aliphatic heterocycles. The molecule has 1 aliphatic rings. The zero-order valence-corrected chi connectivity index (χ0v) is 8.45. The van der Waals surface area contributed by atoms with E-state index >= 15 is 0 Å². The number of piperazine rings is 1. The largest absolute Gasteiger partial charge is 0.368 e. The molecule has 1 heterocycles. The lowest BCUT2D eigenvalue weighted by atomic mass is 10.2. The third-order valence-electron chi connectivity index (χ3n) is 1.63. The van der Waals surface area contributed by atoms with Crippen molar-refractivity contribution in [3.05, 3.63) is 28.2 Å². The van der Waals surface area contributed by atoms with Crippen molar-refractivity contribution in [2.75, 3.05) is 30.9 Å². The molecule has 76 valence electrons. The van der Waals surface area contributed by atoms with Crippen molar-refractivity contribution >= 4 is 28.9 Å². The normalized spacial score (nSPS) is 40.0. The average molecular weight is 239 g/mol. The van der Waals surface area contributed by atoms with Gasteiger partial charge in [-0.3, -0.25) is 0 Å². The Labute approximate surface area is 105 Å². The molecule has 1 N–H and O–H groups in total. The van der Waals surface area contributed by atoms with Crippen molar-refractivity contribution in [3.8, 4) is 0 Å². The van der Waals surface area contributed by atoms with Crippen molar-refractivity contribution in [2.24, 2.45) is 0 Å². The van der Waals surface area contributed by atoms with Crippen molar-refractivity contribution in [1.29, 1.82) is 0 Å². The van der Waals surface area contributed by atoms with E-state index in [0.29, 0.717) is 4.90 Å². The molecule has 14 heavy (non-hydrogen) atoms. The number of rotatable bonds is 1. The summed E-state index contributed by atoms with van der Waals surface area (Å²) in [6.07, 6.45) is 0. The van der Waals surface area contributed by atoms with E-state index in [1.807, 2.05) is 0 Å². The average Bonchev–Trinajstić information content (AvgIpc) is 2.31. The van der Waals surface area contributed by atoms with Crippen molar-refractivity contribution in [3.63, 3.8) is 0 Å². The summed E-state index contributed by atoms with van der Waals surface area (Å²) < 4.78 is 62.8. The Morgan fingerprint density at radius 1 is 1.29 bits per heavy atom. The van der Waals surface area contributed by atoms with E-state index in [1.165, 1.54) is 18.2 Å². The zero-order valence-electron chi connectivity index (χ0n) is 14.9. The number of hydrogen-bond acceptors (Lipinski definition) is 2. The van der Waals surface area contributed by atoms with E-state index in [4.69, 9.17) is 34.2 Å². The molecular weight excluding hydrogens is 219 g/mol. The molecule has 0 atom stereocenters. The van der Waals surface area contributed by atoms with Gasteiger partial charge in [0.2, 0.25) is 0 Å². The number of benzene rings is 1. The van der Waals surface area contributed by atoms with Crippen LogP contribution in [0.3, 0.4) is 0 Å². The number of halogens is 2. The highest BCUT2D eigenvalue weighted by molar-refractivity contribution is 6.43. The van der Waals surface area contributed by atoms with Gasteiger partial charge in [-0.1, -0.05) is 29.3 Å². The van der Waals surface area contributed by atoms with Crippen molar-refractivity contribution < 1.29 is 11.0 Å². The van der Waals surface area contributed by atoms with Gasteiger partial charge < -0.3 is 10.2 Å². The molecule has 1 aromatic carbocycles. The second kappa shape index (κ2) is 4.39. The molecule has 1 aromatic rings. The smallest absolute Gasteiger partial charge is 0.0825 e. The van der Waals surface area contributed by atoms with Crippen molar-refractivity contribution in [2.45, 2.75) is 0 Å². The van der Waals surface area contributed by atoms with Crippen LogP contribution in [0.2, 0.25) is 10.0 Å². The van der Waals surface area contributed by atoms with Crippen LogP contribution in [0.25, 0.3) is 0 Å². The molecule has 0 aromatic heterocycles. The van der Waals surface area contributed by atoms with Gasteiger partial charge >= 0.3 is 0 Å². The fourth-order valence-electron chi connectivity index (χ4n) is 1.01. The van der Waals surface area contributed by atoms with E-state index in [2.05, 4.69) is 0 Å². The molecule has 0 radical (unpaired) electrons. The maximum atomic E-state index is 7.97. The summed E-state index contributed by atoms with van der Waals surface area (Å²) >= 11 is 11.8. The predicted octanol–water partition coefficient (Wildman–Crippen LogP) is 2.40. The number of anilines is 1. The van der Waals surface area contributed by atoms with Crippen LogP contribution in [0, 0.1) is 0 Å². The molecule has 0 aliphatic carbocycles. The van der Waals surface area contributed by atoms with Gasteiger partial charge in [0, 0.05) is 31.5 Å². The Morgan fingerprint density at radius 2 is 2.00 bits per heavy atom. The molecule has 4 heteroatoms. The van der Waals surface area contributed by atoms with Gasteiger partial charge in [0.1, 0.15) is 0 Å². The van der Waals surface area contributed by atoms with E-state index in [0.717, 1.165) is 0 Å². The fourth-order valence-corrected chi connectivity index (χ4v) is 1.39. The molecule has 2 rings (SSSR count). The Hall–Kier alpha value is -0.440. The summed E-state index contributed by atoms with van der Waals surface area (Å²) in [5, 5.41) is 1.57. The molecule has 1 saturated heterocycles. The van der Waals surface area contributed by atoms with Gasteiger partial charge in [0.15, 0.2) is 0 Å². The van der Waals surface area contributed by atoms with E-state index < -0.39 is 26.0 Å². The minimum absolute atomic E-state index is 0.0189. The van der Waals surface area contributed by atoms with Crippen LogP contribution in [-0.4, -0.2) is 26.0 Å². The first-order valence-corrected chi connectivity index (χ1v) is 4.55. The molecule has 0 amide bonds. The Balaban J connectivity index is 2.75. The van der Waals surface area contributed by atoms with Crippen LogP contribution in [0.15, 0.2) is 18.2 Å². The summed E-state index contributed by atoms with van der Waals surface area (Å²) in [4.78, 5) is 0.352. The van der Waals surface area contributed by atoms with Crippen LogP contribution in [-0.2, 0) is 0 Å². The Bertz CT molecular complexity index is 581. The zero-order chi connectivity index (χ0) is 17.1. The lowest BCUT2D eigenvalue weighted by molar-refractivity contribution is 0.589. The summed E-state index contributed by atoms with van der Waals surface area (Å²) in [5.41, 5.74) is -0.238. The molecule has 0 bridgehead atoms. The maximum Gasteiger partial charge on any atom is 0.0825 e. The number of nitrogens with one attached hydrogen (secondary N) is 1. The number of nitrogens with zero attached hydrogens (tertiary/aromatic N) is 1. The summed E-state index contributed by atoms with van der Waals surface area (Å²) in [6.45, 7) is -11.6. The second-order valence-corrected chi connectivity index (χ2v) is 3.29. The molecule has 0 unspecified atom stereocenters. The fraction of sp³-hybridized carbons (Fsp3) is 0.400. The van der Waals surface area contributed by atoms with Gasteiger partial charge in [-0.05, 0) is 12.1 Å². The first kappa shape index (κ1) is 4.20. The van der Waals surface area contributed by atoms with Gasteiger partial charge in [-0.25, -0.2) is 0 Å².